The number of pyridine rings is 1. The summed E-state index contributed by atoms with van der Waals surface area (Å²) in [5.41, 5.74) is 1.56. The number of rotatable bonds is 4. The molecule has 2 aromatic carbocycles. The second kappa shape index (κ2) is 8.31. The Hall–Kier alpha value is -3.13. The van der Waals surface area contributed by atoms with E-state index in [1.54, 1.807) is 34.9 Å². The van der Waals surface area contributed by atoms with Gasteiger partial charge in [-0.15, -0.1) is 0 Å². The first-order chi connectivity index (χ1) is 14.4. The van der Waals surface area contributed by atoms with Crippen LogP contribution in [0.4, 0.5) is 4.39 Å². The van der Waals surface area contributed by atoms with E-state index in [9.17, 15) is 24.2 Å². The molecule has 0 spiro atoms. The van der Waals surface area contributed by atoms with Gasteiger partial charge in [0, 0.05) is 36.2 Å². The number of carbonyl (C=O) groups excluding carboxylic acids is 1. The Labute approximate surface area is 176 Å². The molecule has 1 aliphatic heterocycles. The lowest BCUT2D eigenvalue weighted by atomic mass is 9.98. The highest BCUT2D eigenvalue weighted by Gasteiger charge is 2.25. The quantitative estimate of drug-likeness (QED) is 0.663. The van der Waals surface area contributed by atoms with Crippen molar-refractivity contribution in [2.45, 2.75) is 6.42 Å². The van der Waals surface area contributed by atoms with Gasteiger partial charge in [0.15, 0.2) is 5.75 Å². The van der Waals surface area contributed by atoms with Crippen LogP contribution in [-0.4, -0.2) is 56.6 Å². The maximum Gasteiger partial charge on any atom is 0.339 e. The number of thioether (sulfide) groups is 1. The van der Waals surface area contributed by atoms with Crippen LogP contribution in [0.15, 0.2) is 42.6 Å². The van der Waals surface area contributed by atoms with E-state index >= 15 is 0 Å². The van der Waals surface area contributed by atoms with Crippen molar-refractivity contribution >= 4 is 34.5 Å². The lowest BCUT2D eigenvalue weighted by Gasteiger charge is -2.27. The molecule has 0 aliphatic carbocycles. The second-order valence-electron chi connectivity index (χ2n) is 7.07. The van der Waals surface area contributed by atoms with Crippen LogP contribution in [-0.2, 0) is 6.42 Å². The molecule has 0 atom stereocenters. The number of carboxylic acids is 1. The second-order valence-corrected chi connectivity index (χ2v) is 8.30. The number of fused-ring (bicyclic) bond motifs is 1. The third-order valence-corrected chi connectivity index (χ3v) is 6.03. The number of aromatic carboxylic acids is 1. The number of halogens is 1. The molecular formula is C22H19FN2O4S. The number of benzene rings is 2. The van der Waals surface area contributed by atoms with Crippen molar-refractivity contribution in [1.82, 2.24) is 9.88 Å². The summed E-state index contributed by atoms with van der Waals surface area (Å²) < 4.78 is 13.2. The third-order valence-electron chi connectivity index (χ3n) is 5.08. The normalized spacial score (nSPS) is 14.1. The van der Waals surface area contributed by atoms with Gasteiger partial charge in [0.25, 0.3) is 5.91 Å². The topological polar surface area (TPSA) is 90.7 Å². The molecule has 1 saturated heterocycles. The van der Waals surface area contributed by atoms with Gasteiger partial charge in [-0.25, -0.2) is 9.18 Å². The van der Waals surface area contributed by atoms with Gasteiger partial charge in [0.1, 0.15) is 16.9 Å². The zero-order chi connectivity index (χ0) is 21.3. The fraction of sp³-hybridized carbons (Fsp3) is 0.227. The van der Waals surface area contributed by atoms with Crippen molar-refractivity contribution in [2.75, 3.05) is 24.6 Å². The van der Waals surface area contributed by atoms with Crippen molar-refractivity contribution in [2.24, 2.45) is 0 Å². The first-order valence-electron chi connectivity index (χ1n) is 9.43. The number of phenols is 1. The summed E-state index contributed by atoms with van der Waals surface area (Å²) in [5, 5.41) is 20.3. The standard InChI is InChI=1S/C22H19FN2O4S/c23-15-3-1-13(2-4-15)9-14-10-16-17(21(27)25-5-7-30-8-6-25)11-18(22(28)29)20(26)19(16)24-12-14/h1-4,10-12,26H,5-9H2,(H,28,29). The van der Waals surface area contributed by atoms with Crippen LogP contribution in [0.5, 0.6) is 5.75 Å². The van der Waals surface area contributed by atoms with Crippen LogP contribution in [0.3, 0.4) is 0 Å². The molecule has 0 radical (unpaired) electrons. The molecule has 154 valence electrons. The molecule has 1 fully saturated rings. The number of nitrogens with zero attached hydrogens (tertiary/aromatic N) is 2. The maximum absolute atomic E-state index is 13.2. The Bertz CT molecular complexity index is 1130. The number of carbonyl (C=O) groups is 2. The highest BCUT2D eigenvalue weighted by Crippen LogP contribution is 2.32. The van der Waals surface area contributed by atoms with E-state index in [-0.39, 0.29) is 28.4 Å². The summed E-state index contributed by atoms with van der Waals surface area (Å²) in [6, 6.07) is 9.05. The number of hydrogen-bond donors (Lipinski definition) is 2. The van der Waals surface area contributed by atoms with Crippen molar-refractivity contribution in [3.63, 3.8) is 0 Å². The van der Waals surface area contributed by atoms with E-state index in [0.717, 1.165) is 22.6 Å². The summed E-state index contributed by atoms with van der Waals surface area (Å²) in [6.07, 6.45) is 1.99. The van der Waals surface area contributed by atoms with Crippen LogP contribution in [0.2, 0.25) is 0 Å². The predicted molar refractivity (Wildman–Crippen MR) is 113 cm³/mol. The molecule has 3 aromatic rings. The number of hydrogen-bond acceptors (Lipinski definition) is 5. The van der Waals surface area contributed by atoms with Gasteiger partial charge in [-0.2, -0.15) is 11.8 Å². The molecule has 8 heteroatoms. The smallest absolute Gasteiger partial charge is 0.339 e. The van der Waals surface area contributed by atoms with Gasteiger partial charge >= 0.3 is 5.97 Å². The van der Waals surface area contributed by atoms with E-state index in [0.29, 0.717) is 24.9 Å². The lowest BCUT2D eigenvalue weighted by Crippen LogP contribution is -2.38. The van der Waals surface area contributed by atoms with E-state index in [1.807, 2.05) is 0 Å². The average Bonchev–Trinajstić information content (AvgIpc) is 2.75. The number of carboxylic acid groups (broad SMARTS) is 1. The van der Waals surface area contributed by atoms with Crippen LogP contribution in [0.1, 0.15) is 31.8 Å². The fourth-order valence-corrected chi connectivity index (χ4v) is 4.43. The fourth-order valence-electron chi connectivity index (χ4n) is 3.53. The summed E-state index contributed by atoms with van der Waals surface area (Å²) in [7, 11) is 0. The first-order valence-corrected chi connectivity index (χ1v) is 10.6. The summed E-state index contributed by atoms with van der Waals surface area (Å²) in [5.74, 6) is -0.743. The monoisotopic (exact) mass is 426 g/mol. The van der Waals surface area contributed by atoms with Crippen LogP contribution < -0.4 is 0 Å². The largest absolute Gasteiger partial charge is 0.505 e. The van der Waals surface area contributed by atoms with Crippen LogP contribution in [0, 0.1) is 5.82 Å². The van der Waals surface area contributed by atoms with Gasteiger partial charge in [-0.05, 0) is 41.8 Å². The highest BCUT2D eigenvalue weighted by molar-refractivity contribution is 7.99. The molecule has 30 heavy (non-hydrogen) atoms. The van der Waals surface area contributed by atoms with E-state index in [2.05, 4.69) is 4.98 Å². The Kier molecular flexibility index (Phi) is 5.59. The molecule has 0 saturated carbocycles. The van der Waals surface area contributed by atoms with E-state index < -0.39 is 11.7 Å². The highest BCUT2D eigenvalue weighted by atomic mass is 32.2. The zero-order valence-corrected chi connectivity index (χ0v) is 16.8. The minimum absolute atomic E-state index is 0.0764. The maximum atomic E-state index is 13.2. The minimum Gasteiger partial charge on any atom is -0.505 e. The van der Waals surface area contributed by atoms with Crippen molar-refractivity contribution in [3.05, 3.63) is 70.7 Å². The first kappa shape index (κ1) is 20.2. The molecule has 1 aliphatic rings. The molecule has 4 rings (SSSR count). The van der Waals surface area contributed by atoms with Gasteiger partial charge in [-0.1, -0.05) is 12.1 Å². The van der Waals surface area contributed by atoms with E-state index in [1.165, 1.54) is 24.4 Å². The lowest BCUT2D eigenvalue weighted by molar-refractivity contribution is 0.0694. The SMILES string of the molecule is O=C(O)c1cc(C(=O)N2CCSCC2)c2cc(Cc3ccc(F)cc3)cnc2c1O. The Morgan fingerprint density at radius 2 is 1.77 bits per heavy atom. The molecule has 1 aromatic heterocycles. The molecule has 2 N–H and O–H groups in total. The summed E-state index contributed by atoms with van der Waals surface area (Å²) in [4.78, 5) is 30.7. The minimum atomic E-state index is -1.32. The van der Waals surface area contributed by atoms with Gasteiger partial charge in [-0.3, -0.25) is 9.78 Å². The number of aromatic hydroxyl groups is 1. The van der Waals surface area contributed by atoms with Crippen LogP contribution in [0.25, 0.3) is 10.9 Å². The number of aromatic nitrogens is 1. The molecular weight excluding hydrogens is 407 g/mol. The average molecular weight is 426 g/mol. The van der Waals surface area contributed by atoms with Crippen molar-refractivity contribution < 1.29 is 24.2 Å². The molecule has 0 unspecified atom stereocenters. The Morgan fingerprint density at radius 1 is 1.07 bits per heavy atom. The number of amides is 1. The van der Waals surface area contributed by atoms with Gasteiger partial charge in [0.05, 0.1) is 5.56 Å². The van der Waals surface area contributed by atoms with Gasteiger partial charge in [0.2, 0.25) is 0 Å². The molecule has 6 nitrogen and oxygen atoms in total. The predicted octanol–water partition coefficient (Wildman–Crippen LogP) is 3.56. The van der Waals surface area contributed by atoms with E-state index in [4.69, 9.17) is 0 Å². The molecule has 1 amide bonds. The molecule has 0 bridgehead atoms. The Morgan fingerprint density at radius 3 is 2.43 bits per heavy atom. The van der Waals surface area contributed by atoms with Crippen molar-refractivity contribution in [1.29, 1.82) is 0 Å². The summed E-state index contributed by atoms with van der Waals surface area (Å²) >= 11 is 1.76. The van der Waals surface area contributed by atoms with Crippen molar-refractivity contribution in [3.8, 4) is 5.75 Å². The zero-order valence-electron chi connectivity index (χ0n) is 16.0. The van der Waals surface area contributed by atoms with Crippen LogP contribution >= 0.6 is 11.8 Å². The molecule has 2 heterocycles. The third kappa shape index (κ3) is 3.95. The van der Waals surface area contributed by atoms with Gasteiger partial charge < -0.3 is 15.1 Å². The Balaban J connectivity index is 1.81. The summed E-state index contributed by atoms with van der Waals surface area (Å²) in [6.45, 7) is 1.16.